The number of nitrogens with zero attached hydrogens (tertiary/aromatic N) is 1. The van der Waals surface area contributed by atoms with Gasteiger partial charge < -0.3 is 9.73 Å². The first kappa shape index (κ1) is 11.9. The van der Waals surface area contributed by atoms with Gasteiger partial charge in [-0.3, -0.25) is 0 Å². The zero-order valence-corrected chi connectivity index (χ0v) is 10.4. The normalized spacial score (nSPS) is 10.7. The fourth-order valence-corrected chi connectivity index (χ4v) is 1.72. The fourth-order valence-electron chi connectivity index (χ4n) is 1.72. The van der Waals surface area contributed by atoms with Crippen LogP contribution in [-0.4, -0.2) is 11.5 Å². The Bertz CT molecular complexity index is 459. The summed E-state index contributed by atoms with van der Waals surface area (Å²) >= 11 is 0. The van der Waals surface area contributed by atoms with Gasteiger partial charge in [0.1, 0.15) is 5.69 Å². The fraction of sp³-hybridized carbons (Fsp3) is 0.357. The molecular formula is C14H18N2O. The SMILES string of the molecule is CCCNCc1ncoc1-c1ccc(C)cc1. The van der Waals surface area contributed by atoms with Crippen LogP contribution in [-0.2, 0) is 6.54 Å². The minimum absolute atomic E-state index is 0.757. The lowest BCUT2D eigenvalue weighted by atomic mass is 10.1. The summed E-state index contributed by atoms with van der Waals surface area (Å²) in [5.41, 5.74) is 3.31. The molecule has 1 heterocycles. The number of nitrogens with one attached hydrogen (secondary N) is 1. The summed E-state index contributed by atoms with van der Waals surface area (Å²) < 4.78 is 5.47. The van der Waals surface area contributed by atoms with Crippen molar-refractivity contribution in [3.63, 3.8) is 0 Å². The minimum atomic E-state index is 0.757. The number of hydrogen-bond donors (Lipinski definition) is 1. The van der Waals surface area contributed by atoms with E-state index in [0.717, 1.165) is 36.5 Å². The van der Waals surface area contributed by atoms with Crippen LogP contribution in [0.2, 0.25) is 0 Å². The average Bonchev–Trinajstić information content (AvgIpc) is 2.79. The van der Waals surface area contributed by atoms with Crippen molar-refractivity contribution in [2.24, 2.45) is 0 Å². The first-order valence-corrected chi connectivity index (χ1v) is 6.01. The Kier molecular flexibility index (Phi) is 3.94. The highest BCUT2D eigenvalue weighted by molar-refractivity contribution is 5.59. The molecule has 0 aliphatic heterocycles. The first-order chi connectivity index (χ1) is 8.31. The minimum Gasteiger partial charge on any atom is -0.443 e. The van der Waals surface area contributed by atoms with Gasteiger partial charge in [0.15, 0.2) is 12.2 Å². The average molecular weight is 230 g/mol. The Morgan fingerprint density at radius 1 is 1.24 bits per heavy atom. The van der Waals surface area contributed by atoms with E-state index in [9.17, 15) is 0 Å². The zero-order valence-electron chi connectivity index (χ0n) is 10.4. The number of oxazole rings is 1. The van der Waals surface area contributed by atoms with Crippen LogP contribution in [0, 0.1) is 6.92 Å². The molecule has 0 fully saturated rings. The molecule has 1 aromatic heterocycles. The summed E-state index contributed by atoms with van der Waals surface area (Å²) in [4.78, 5) is 4.26. The van der Waals surface area contributed by atoms with Crippen molar-refractivity contribution < 1.29 is 4.42 Å². The lowest BCUT2D eigenvalue weighted by molar-refractivity contribution is 0.569. The second-order valence-corrected chi connectivity index (χ2v) is 4.17. The maximum Gasteiger partial charge on any atom is 0.181 e. The van der Waals surface area contributed by atoms with E-state index < -0.39 is 0 Å². The van der Waals surface area contributed by atoms with Gasteiger partial charge in [0.05, 0.1) is 0 Å². The molecule has 2 rings (SSSR count). The third-order valence-electron chi connectivity index (χ3n) is 2.67. The molecule has 0 radical (unpaired) electrons. The Balaban J connectivity index is 2.15. The van der Waals surface area contributed by atoms with E-state index in [2.05, 4.69) is 48.4 Å². The van der Waals surface area contributed by atoms with Crippen LogP contribution < -0.4 is 5.32 Å². The molecule has 17 heavy (non-hydrogen) atoms. The van der Waals surface area contributed by atoms with Gasteiger partial charge in [-0.05, 0) is 19.9 Å². The predicted molar refractivity (Wildman–Crippen MR) is 68.7 cm³/mol. The zero-order chi connectivity index (χ0) is 12.1. The van der Waals surface area contributed by atoms with Crippen LogP contribution in [0.15, 0.2) is 35.1 Å². The van der Waals surface area contributed by atoms with Crippen LogP contribution in [0.25, 0.3) is 11.3 Å². The quantitative estimate of drug-likeness (QED) is 0.802. The second kappa shape index (κ2) is 5.64. The molecule has 90 valence electrons. The van der Waals surface area contributed by atoms with Crippen molar-refractivity contribution in [2.75, 3.05) is 6.54 Å². The first-order valence-electron chi connectivity index (χ1n) is 6.01. The van der Waals surface area contributed by atoms with E-state index in [1.165, 1.54) is 12.0 Å². The molecule has 1 N–H and O–H groups in total. The maximum absolute atomic E-state index is 5.47. The lowest BCUT2D eigenvalue weighted by Gasteiger charge is -2.03. The lowest BCUT2D eigenvalue weighted by Crippen LogP contribution is -2.14. The molecule has 2 aromatic rings. The maximum atomic E-state index is 5.47. The van der Waals surface area contributed by atoms with Gasteiger partial charge in [-0.1, -0.05) is 36.8 Å². The smallest absolute Gasteiger partial charge is 0.181 e. The van der Waals surface area contributed by atoms with Gasteiger partial charge >= 0.3 is 0 Å². The third kappa shape index (κ3) is 2.94. The highest BCUT2D eigenvalue weighted by Crippen LogP contribution is 2.23. The van der Waals surface area contributed by atoms with Crippen LogP contribution >= 0.6 is 0 Å². The largest absolute Gasteiger partial charge is 0.443 e. The number of aromatic nitrogens is 1. The highest BCUT2D eigenvalue weighted by atomic mass is 16.3. The van der Waals surface area contributed by atoms with Crippen molar-refractivity contribution in [1.82, 2.24) is 10.3 Å². The van der Waals surface area contributed by atoms with E-state index in [1.54, 1.807) is 0 Å². The Labute approximate surface area is 102 Å². The molecular weight excluding hydrogens is 212 g/mol. The van der Waals surface area contributed by atoms with E-state index in [4.69, 9.17) is 4.42 Å². The number of hydrogen-bond acceptors (Lipinski definition) is 3. The molecule has 0 spiro atoms. The van der Waals surface area contributed by atoms with Gasteiger partial charge in [0.25, 0.3) is 0 Å². The van der Waals surface area contributed by atoms with E-state index in [1.807, 2.05) is 0 Å². The molecule has 0 saturated carbocycles. The molecule has 0 aliphatic rings. The summed E-state index contributed by atoms with van der Waals surface area (Å²) in [5, 5.41) is 3.34. The van der Waals surface area contributed by atoms with Crippen molar-refractivity contribution in [3.05, 3.63) is 41.9 Å². The van der Waals surface area contributed by atoms with E-state index in [0.29, 0.717) is 0 Å². The van der Waals surface area contributed by atoms with Crippen LogP contribution in [0.5, 0.6) is 0 Å². The van der Waals surface area contributed by atoms with Crippen molar-refractivity contribution >= 4 is 0 Å². The Morgan fingerprint density at radius 3 is 2.71 bits per heavy atom. The van der Waals surface area contributed by atoms with Crippen molar-refractivity contribution in [1.29, 1.82) is 0 Å². The number of aryl methyl sites for hydroxylation is 1. The van der Waals surface area contributed by atoms with Crippen molar-refractivity contribution in [2.45, 2.75) is 26.8 Å². The summed E-state index contributed by atoms with van der Waals surface area (Å²) in [7, 11) is 0. The van der Waals surface area contributed by atoms with E-state index in [-0.39, 0.29) is 0 Å². The number of rotatable bonds is 5. The topological polar surface area (TPSA) is 38.1 Å². The molecule has 0 atom stereocenters. The Morgan fingerprint density at radius 2 is 2.00 bits per heavy atom. The van der Waals surface area contributed by atoms with Crippen molar-refractivity contribution in [3.8, 4) is 11.3 Å². The summed E-state index contributed by atoms with van der Waals surface area (Å²) in [6, 6.07) is 8.31. The Hall–Kier alpha value is -1.61. The standard InChI is InChI=1S/C14H18N2O/c1-3-8-15-9-13-14(17-10-16-13)12-6-4-11(2)5-7-12/h4-7,10,15H,3,8-9H2,1-2H3. The van der Waals surface area contributed by atoms with Gasteiger partial charge in [0, 0.05) is 12.1 Å². The summed E-state index contributed by atoms with van der Waals surface area (Å²) in [6.07, 6.45) is 2.63. The molecule has 3 heteroatoms. The van der Waals surface area contributed by atoms with Crippen LogP contribution in [0.3, 0.4) is 0 Å². The van der Waals surface area contributed by atoms with E-state index >= 15 is 0 Å². The highest BCUT2D eigenvalue weighted by Gasteiger charge is 2.09. The molecule has 0 saturated heterocycles. The molecule has 0 unspecified atom stereocenters. The molecule has 3 nitrogen and oxygen atoms in total. The third-order valence-corrected chi connectivity index (χ3v) is 2.67. The number of benzene rings is 1. The summed E-state index contributed by atoms with van der Waals surface area (Å²) in [5.74, 6) is 0.869. The predicted octanol–water partition coefficient (Wildman–Crippen LogP) is 3.15. The van der Waals surface area contributed by atoms with Gasteiger partial charge in [0.2, 0.25) is 0 Å². The van der Waals surface area contributed by atoms with Gasteiger partial charge in [-0.2, -0.15) is 0 Å². The van der Waals surface area contributed by atoms with Gasteiger partial charge in [-0.25, -0.2) is 4.98 Å². The van der Waals surface area contributed by atoms with Crippen LogP contribution in [0.4, 0.5) is 0 Å². The summed E-state index contributed by atoms with van der Waals surface area (Å²) in [6.45, 7) is 5.98. The molecule has 1 aromatic carbocycles. The second-order valence-electron chi connectivity index (χ2n) is 4.17. The van der Waals surface area contributed by atoms with Crippen LogP contribution in [0.1, 0.15) is 24.6 Å². The van der Waals surface area contributed by atoms with Gasteiger partial charge in [-0.15, -0.1) is 0 Å². The monoisotopic (exact) mass is 230 g/mol. The molecule has 0 aliphatic carbocycles. The molecule has 0 amide bonds. The molecule has 0 bridgehead atoms.